The molecule has 3 heteroatoms. The molecule has 0 aliphatic carbocycles. The Bertz CT molecular complexity index is 297. The van der Waals surface area contributed by atoms with Gasteiger partial charge in [0.25, 0.3) is 0 Å². The van der Waals surface area contributed by atoms with Crippen LogP contribution >= 0.6 is 0 Å². The molecule has 0 aliphatic rings. The van der Waals surface area contributed by atoms with Crippen LogP contribution < -0.4 is 4.74 Å². The van der Waals surface area contributed by atoms with Crippen LogP contribution in [0.5, 0.6) is 5.75 Å². The van der Waals surface area contributed by atoms with Crippen molar-refractivity contribution in [1.82, 2.24) is 0 Å². The fourth-order valence-corrected chi connectivity index (χ4v) is 1.29. The van der Waals surface area contributed by atoms with Crippen molar-refractivity contribution in [2.75, 3.05) is 7.11 Å². The summed E-state index contributed by atoms with van der Waals surface area (Å²) in [4.78, 5) is 0. The number of hydrogen-bond donors (Lipinski definition) is 1. The minimum Gasteiger partial charge on any atom is -0.496 e. The van der Waals surface area contributed by atoms with Crippen LogP contribution in [0.15, 0.2) is 18.2 Å². The van der Waals surface area contributed by atoms with E-state index in [0.717, 1.165) is 5.56 Å². The normalized spacial score (nSPS) is 12.6. The second kappa shape index (κ2) is 4.96. The van der Waals surface area contributed by atoms with Gasteiger partial charge in [-0.1, -0.05) is 6.07 Å². The summed E-state index contributed by atoms with van der Waals surface area (Å²) >= 11 is 0. The number of methoxy groups -OCH3 is 1. The van der Waals surface area contributed by atoms with Crippen LogP contribution in [-0.2, 0) is 6.42 Å². The van der Waals surface area contributed by atoms with E-state index in [9.17, 15) is 4.39 Å². The lowest BCUT2D eigenvalue weighted by Gasteiger charge is -2.09. The largest absolute Gasteiger partial charge is 0.496 e. The highest BCUT2D eigenvalue weighted by atomic mass is 19.1. The van der Waals surface area contributed by atoms with Crippen molar-refractivity contribution in [3.8, 4) is 5.75 Å². The van der Waals surface area contributed by atoms with Crippen LogP contribution in [0.25, 0.3) is 0 Å². The second-order valence-corrected chi connectivity index (χ2v) is 3.34. The summed E-state index contributed by atoms with van der Waals surface area (Å²) in [6, 6.07) is 4.45. The summed E-state index contributed by atoms with van der Waals surface area (Å²) < 4.78 is 17.8. The number of aliphatic hydroxyl groups is 1. The molecule has 1 aromatic rings. The SMILES string of the molecule is COc1cc(F)ccc1CC[C@H](C)O. The monoisotopic (exact) mass is 198 g/mol. The number of aryl methyl sites for hydroxylation is 1. The van der Waals surface area contributed by atoms with Gasteiger partial charge in [0.15, 0.2) is 0 Å². The van der Waals surface area contributed by atoms with Crippen molar-refractivity contribution in [1.29, 1.82) is 0 Å². The molecule has 0 saturated heterocycles. The minimum absolute atomic E-state index is 0.303. The molecule has 0 fully saturated rings. The lowest BCUT2D eigenvalue weighted by Crippen LogP contribution is -2.02. The van der Waals surface area contributed by atoms with E-state index in [0.29, 0.717) is 18.6 Å². The van der Waals surface area contributed by atoms with E-state index in [2.05, 4.69) is 0 Å². The molecule has 14 heavy (non-hydrogen) atoms. The first kappa shape index (κ1) is 11.0. The van der Waals surface area contributed by atoms with Gasteiger partial charge in [-0.3, -0.25) is 0 Å². The Balaban J connectivity index is 2.75. The van der Waals surface area contributed by atoms with E-state index in [-0.39, 0.29) is 11.9 Å². The molecule has 0 heterocycles. The maximum absolute atomic E-state index is 12.8. The third-order valence-electron chi connectivity index (χ3n) is 2.08. The number of benzene rings is 1. The first-order valence-corrected chi connectivity index (χ1v) is 4.64. The van der Waals surface area contributed by atoms with Crippen LogP contribution in [-0.4, -0.2) is 18.3 Å². The highest BCUT2D eigenvalue weighted by molar-refractivity contribution is 5.34. The van der Waals surface area contributed by atoms with Gasteiger partial charge in [-0.05, 0) is 31.4 Å². The van der Waals surface area contributed by atoms with Gasteiger partial charge >= 0.3 is 0 Å². The number of hydrogen-bond acceptors (Lipinski definition) is 2. The first-order chi connectivity index (χ1) is 6.63. The third-order valence-corrected chi connectivity index (χ3v) is 2.08. The van der Waals surface area contributed by atoms with Crippen LogP contribution in [0.2, 0.25) is 0 Å². The fraction of sp³-hybridized carbons (Fsp3) is 0.455. The first-order valence-electron chi connectivity index (χ1n) is 4.64. The molecule has 2 nitrogen and oxygen atoms in total. The Kier molecular flexibility index (Phi) is 3.89. The van der Waals surface area contributed by atoms with Crippen molar-refractivity contribution in [2.45, 2.75) is 25.9 Å². The van der Waals surface area contributed by atoms with Crippen LogP contribution in [0.1, 0.15) is 18.9 Å². The van der Waals surface area contributed by atoms with E-state index in [4.69, 9.17) is 9.84 Å². The molecule has 0 radical (unpaired) electrons. The molecule has 0 saturated carbocycles. The molecule has 1 atom stereocenters. The molecule has 0 spiro atoms. The second-order valence-electron chi connectivity index (χ2n) is 3.34. The van der Waals surface area contributed by atoms with Gasteiger partial charge in [-0.2, -0.15) is 0 Å². The van der Waals surface area contributed by atoms with Gasteiger partial charge in [0.05, 0.1) is 13.2 Å². The van der Waals surface area contributed by atoms with E-state index in [1.54, 1.807) is 13.0 Å². The summed E-state index contributed by atoms with van der Waals surface area (Å²) in [5.41, 5.74) is 0.926. The number of aliphatic hydroxyl groups excluding tert-OH is 1. The van der Waals surface area contributed by atoms with Gasteiger partial charge in [-0.25, -0.2) is 4.39 Å². The van der Waals surface area contributed by atoms with Gasteiger partial charge in [0.2, 0.25) is 0 Å². The zero-order valence-electron chi connectivity index (χ0n) is 8.46. The smallest absolute Gasteiger partial charge is 0.126 e. The van der Waals surface area contributed by atoms with Gasteiger partial charge < -0.3 is 9.84 Å². The quantitative estimate of drug-likeness (QED) is 0.803. The standard InChI is InChI=1S/C11H15FO2/c1-8(13)3-4-9-5-6-10(12)7-11(9)14-2/h5-8,13H,3-4H2,1-2H3/t8-/m0/s1. The molecule has 1 aromatic carbocycles. The molecular weight excluding hydrogens is 183 g/mol. The highest BCUT2D eigenvalue weighted by Gasteiger charge is 2.05. The summed E-state index contributed by atoms with van der Waals surface area (Å²) in [7, 11) is 1.51. The zero-order valence-corrected chi connectivity index (χ0v) is 8.46. The third kappa shape index (κ3) is 3.00. The number of halogens is 1. The fourth-order valence-electron chi connectivity index (χ4n) is 1.29. The predicted octanol–water partition coefficient (Wildman–Crippen LogP) is 2.15. The predicted molar refractivity (Wildman–Crippen MR) is 53.0 cm³/mol. The van der Waals surface area contributed by atoms with Gasteiger partial charge in [-0.15, -0.1) is 0 Å². The topological polar surface area (TPSA) is 29.5 Å². The van der Waals surface area contributed by atoms with E-state index < -0.39 is 0 Å². The van der Waals surface area contributed by atoms with Crippen molar-refractivity contribution < 1.29 is 14.2 Å². The van der Waals surface area contributed by atoms with Crippen molar-refractivity contribution in [3.05, 3.63) is 29.6 Å². The van der Waals surface area contributed by atoms with Crippen LogP contribution in [0, 0.1) is 5.82 Å². The van der Waals surface area contributed by atoms with Gasteiger partial charge in [0.1, 0.15) is 11.6 Å². The average molecular weight is 198 g/mol. The molecule has 0 bridgehead atoms. The van der Waals surface area contributed by atoms with Crippen LogP contribution in [0.4, 0.5) is 4.39 Å². The van der Waals surface area contributed by atoms with E-state index >= 15 is 0 Å². The average Bonchev–Trinajstić information content (AvgIpc) is 2.15. The number of rotatable bonds is 4. The molecular formula is C11H15FO2. The Labute approximate surface area is 83.3 Å². The molecule has 1 rings (SSSR count). The zero-order chi connectivity index (χ0) is 10.6. The Morgan fingerprint density at radius 2 is 2.21 bits per heavy atom. The van der Waals surface area contributed by atoms with Crippen molar-refractivity contribution in [2.24, 2.45) is 0 Å². The van der Waals surface area contributed by atoms with Crippen molar-refractivity contribution >= 4 is 0 Å². The molecule has 78 valence electrons. The molecule has 0 unspecified atom stereocenters. The Hall–Kier alpha value is -1.09. The molecule has 0 amide bonds. The molecule has 1 N–H and O–H groups in total. The van der Waals surface area contributed by atoms with E-state index in [1.807, 2.05) is 0 Å². The molecule has 0 aromatic heterocycles. The Morgan fingerprint density at radius 3 is 2.79 bits per heavy atom. The van der Waals surface area contributed by atoms with Gasteiger partial charge in [0, 0.05) is 6.07 Å². The lowest BCUT2D eigenvalue weighted by atomic mass is 10.1. The van der Waals surface area contributed by atoms with E-state index in [1.165, 1.54) is 19.2 Å². The van der Waals surface area contributed by atoms with Crippen LogP contribution in [0.3, 0.4) is 0 Å². The highest BCUT2D eigenvalue weighted by Crippen LogP contribution is 2.21. The maximum atomic E-state index is 12.8. The summed E-state index contributed by atoms with van der Waals surface area (Å²) in [5.74, 6) is 0.244. The lowest BCUT2D eigenvalue weighted by molar-refractivity contribution is 0.184. The maximum Gasteiger partial charge on any atom is 0.126 e. The summed E-state index contributed by atoms with van der Waals surface area (Å²) in [6.07, 6.45) is 1.01. The summed E-state index contributed by atoms with van der Waals surface area (Å²) in [5, 5.41) is 9.12. The number of ether oxygens (including phenoxy) is 1. The Morgan fingerprint density at radius 1 is 1.50 bits per heavy atom. The molecule has 0 aliphatic heterocycles. The minimum atomic E-state index is -0.343. The van der Waals surface area contributed by atoms with Crippen molar-refractivity contribution in [3.63, 3.8) is 0 Å². The summed E-state index contributed by atoms with van der Waals surface area (Å²) in [6.45, 7) is 1.73.